The number of carbonyl (C=O) groups is 2. The Labute approximate surface area is 121 Å². The molecule has 116 valence electrons. The van der Waals surface area contributed by atoms with Gasteiger partial charge in [0.2, 0.25) is 5.91 Å². The number of carboxylic acid groups (broad SMARTS) is 1. The average Bonchev–Trinajstić information content (AvgIpc) is 2.44. The van der Waals surface area contributed by atoms with Crippen LogP contribution < -0.4 is 11.1 Å². The van der Waals surface area contributed by atoms with Crippen LogP contribution in [-0.4, -0.2) is 29.6 Å². The van der Waals surface area contributed by atoms with E-state index in [0.29, 0.717) is 18.8 Å². The molecule has 1 aliphatic rings. The van der Waals surface area contributed by atoms with Crippen molar-refractivity contribution in [3.8, 4) is 0 Å². The van der Waals surface area contributed by atoms with Crippen molar-refractivity contribution in [2.45, 2.75) is 58.9 Å². The van der Waals surface area contributed by atoms with E-state index in [-0.39, 0.29) is 18.4 Å². The number of nitrogens with two attached hydrogens (primary N) is 1. The van der Waals surface area contributed by atoms with Crippen LogP contribution in [0.5, 0.6) is 0 Å². The van der Waals surface area contributed by atoms with E-state index in [1.807, 2.05) is 13.8 Å². The van der Waals surface area contributed by atoms with E-state index >= 15 is 0 Å². The zero-order valence-corrected chi connectivity index (χ0v) is 12.8. The Kier molecular flexibility index (Phi) is 5.99. The van der Waals surface area contributed by atoms with Crippen molar-refractivity contribution in [2.24, 2.45) is 23.0 Å². The predicted molar refractivity (Wildman–Crippen MR) is 78.1 cm³/mol. The number of hydrogen-bond acceptors (Lipinski definition) is 3. The number of amides is 1. The van der Waals surface area contributed by atoms with E-state index in [9.17, 15) is 14.7 Å². The lowest BCUT2D eigenvalue weighted by atomic mass is 9.70. The van der Waals surface area contributed by atoms with Gasteiger partial charge in [-0.3, -0.25) is 9.59 Å². The Hall–Kier alpha value is -1.10. The fourth-order valence-corrected chi connectivity index (χ4v) is 2.67. The van der Waals surface area contributed by atoms with Crippen LogP contribution in [0.15, 0.2) is 0 Å². The van der Waals surface area contributed by atoms with Gasteiger partial charge < -0.3 is 16.2 Å². The summed E-state index contributed by atoms with van der Waals surface area (Å²) < 4.78 is 0. The highest BCUT2D eigenvalue weighted by Gasteiger charge is 2.41. The molecule has 1 saturated carbocycles. The van der Waals surface area contributed by atoms with E-state index in [0.717, 1.165) is 19.3 Å². The highest BCUT2D eigenvalue weighted by molar-refractivity contribution is 5.83. The molecule has 20 heavy (non-hydrogen) atoms. The first-order valence-electron chi connectivity index (χ1n) is 7.59. The molecular formula is C15H28N2O3. The second-order valence-electron chi connectivity index (χ2n) is 6.40. The van der Waals surface area contributed by atoms with Gasteiger partial charge in [0.1, 0.15) is 0 Å². The molecule has 1 unspecified atom stereocenters. The zero-order valence-electron chi connectivity index (χ0n) is 12.8. The average molecular weight is 284 g/mol. The van der Waals surface area contributed by atoms with E-state index in [1.54, 1.807) is 0 Å². The molecule has 5 nitrogen and oxygen atoms in total. The van der Waals surface area contributed by atoms with Gasteiger partial charge in [-0.1, -0.05) is 27.2 Å². The number of aliphatic carboxylic acids is 1. The second kappa shape index (κ2) is 7.07. The summed E-state index contributed by atoms with van der Waals surface area (Å²) in [6, 6.07) is -0.562. The third kappa shape index (κ3) is 3.95. The van der Waals surface area contributed by atoms with Gasteiger partial charge in [-0.15, -0.1) is 0 Å². The molecule has 4 N–H and O–H groups in total. The zero-order chi connectivity index (χ0) is 15.3. The SMILES string of the molecule is CCC(C)[C@H](N)C(=O)NCC1(C(=O)O)CCC(C)CC1. The van der Waals surface area contributed by atoms with E-state index in [4.69, 9.17) is 5.73 Å². The van der Waals surface area contributed by atoms with Gasteiger partial charge in [0.25, 0.3) is 0 Å². The number of nitrogens with one attached hydrogen (secondary N) is 1. The minimum absolute atomic E-state index is 0.0992. The van der Waals surface area contributed by atoms with Gasteiger partial charge in [0.15, 0.2) is 0 Å². The maximum atomic E-state index is 12.0. The Morgan fingerprint density at radius 2 is 1.95 bits per heavy atom. The molecule has 2 atom stereocenters. The molecule has 0 bridgehead atoms. The van der Waals surface area contributed by atoms with Crippen LogP contribution in [0.4, 0.5) is 0 Å². The molecule has 0 aromatic rings. The predicted octanol–water partition coefficient (Wildman–Crippen LogP) is 1.76. The molecule has 1 aliphatic carbocycles. The van der Waals surface area contributed by atoms with Crippen LogP contribution >= 0.6 is 0 Å². The van der Waals surface area contributed by atoms with Crippen molar-refractivity contribution >= 4 is 11.9 Å². The maximum absolute atomic E-state index is 12.0. The largest absolute Gasteiger partial charge is 0.481 e. The van der Waals surface area contributed by atoms with E-state index < -0.39 is 17.4 Å². The monoisotopic (exact) mass is 284 g/mol. The molecule has 5 heteroatoms. The maximum Gasteiger partial charge on any atom is 0.311 e. The van der Waals surface area contributed by atoms with Crippen molar-refractivity contribution in [3.05, 3.63) is 0 Å². The molecular weight excluding hydrogens is 256 g/mol. The van der Waals surface area contributed by atoms with Gasteiger partial charge in [-0.25, -0.2) is 0 Å². The molecule has 0 aromatic carbocycles. The number of carboxylic acids is 1. The van der Waals surface area contributed by atoms with Crippen molar-refractivity contribution < 1.29 is 14.7 Å². The van der Waals surface area contributed by atoms with Gasteiger partial charge in [-0.2, -0.15) is 0 Å². The van der Waals surface area contributed by atoms with Crippen LogP contribution in [0.25, 0.3) is 0 Å². The fourth-order valence-electron chi connectivity index (χ4n) is 2.67. The first-order chi connectivity index (χ1) is 9.32. The lowest BCUT2D eigenvalue weighted by molar-refractivity contribution is -0.151. The first-order valence-corrected chi connectivity index (χ1v) is 7.59. The van der Waals surface area contributed by atoms with Crippen LogP contribution in [0.3, 0.4) is 0 Å². The lowest BCUT2D eigenvalue weighted by Crippen LogP contribution is -2.50. The Morgan fingerprint density at radius 1 is 1.40 bits per heavy atom. The molecule has 0 heterocycles. The van der Waals surface area contributed by atoms with Gasteiger partial charge in [-0.05, 0) is 37.5 Å². The number of hydrogen-bond donors (Lipinski definition) is 3. The Bertz CT molecular complexity index is 349. The number of carbonyl (C=O) groups excluding carboxylic acids is 1. The Morgan fingerprint density at radius 3 is 2.40 bits per heavy atom. The third-order valence-electron chi connectivity index (χ3n) is 4.85. The minimum atomic E-state index is -0.808. The molecule has 0 saturated heterocycles. The summed E-state index contributed by atoms with van der Waals surface area (Å²) in [4.78, 5) is 23.6. The standard InChI is InChI=1S/C15H28N2O3/c1-4-11(3)12(16)13(18)17-9-15(14(19)20)7-5-10(2)6-8-15/h10-12H,4-9,16H2,1-3H3,(H,17,18)(H,19,20)/t10?,11?,12-,15?/m0/s1. The molecule has 1 amide bonds. The summed E-state index contributed by atoms with van der Waals surface area (Å²) in [7, 11) is 0. The third-order valence-corrected chi connectivity index (χ3v) is 4.85. The normalized spacial score (nSPS) is 29.5. The summed E-state index contributed by atoms with van der Waals surface area (Å²) >= 11 is 0. The summed E-state index contributed by atoms with van der Waals surface area (Å²) in [5.74, 6) is -0.372. The van der Waals surface area contributed by atoms with Crippen LogP contribution in [0.2, 0.25) is 0 Å². The summed E-state index contributed by atoms with van der Waals surface area (Å²) in [6.07, 6.45) is 3.89. The van der Waals surface area contributed by atoms with Crippen molar-refractivity contribution in [3.63, 3.8) is 0 Å². The fraction of sp³-hybridized carbons (Fsp3) is 0.867. The molecule has 0 aliphatic heterocycles. The second-order valence-corrected chi connectivity index (χ2v) is 6.40. The molecule has 0 spiro atoms. The topological polar surface area (TPSA) is 92.4 Å². The van der Waals surface area contributed by atoms with Crippen molar-refractivity contribution in [2.75, 3.05) is 6.54 Å². The lowest BCUT2D eigenvalue weighted by Gasteiger charge is -2.36. The smallest absolute Gasteiger partial charge is 0.311 e. The highest BCUT2D eigenvalue weighted by Crippen LogP contribution is 2.38. The summed E-state index contributed by atoms with van der Waals surface area (Å²) in [5, 5.41) is 12.3. The molecule has 1 rings (SSSR count). The van der Waals surface area contributed by atoms with Crippen LogP contribution in [0, 0.1) is 17.3 Å². The van der Waals surface area contributed by atoms with Crippen molar-refractivity contribution in [1.29, 1.82) is 0 Å². The summed E-state index contributed by atoms with van der Waals surface area (Å²) in [6.45, 7) is 6.25. The summed E-state index contributed by atoms with van der Waals surface area (Å²) in [5.41, 5.74) is 5.06. The van der Waals surface area contributed by atoms with Crippen LogP contribution in [0.1, 0.15) is 52.9 Å². The first kappa shape index (κ1) is 17.0. The van der Waals surface area contributed by atoms with E-state index in [2.05, 4.69) is 12.2 Å². The minimum Gasteiger partial charge on any atom is -0.481 e. The van der Waals surface area contributed by atoms with Crippen LogP contribution in [-0.2, 0) is 9.59 Å². The molecule has 0 aromatic heterocycles. The molecule has 1 fully saturated rings. The van der Waals surface area contributed by atoms with E-state index in [1.165, 1.54) is 0 Å². The van der Waals surface area contributed by atoms with Gasteiger partial charge >= 0.3 is 5.97 Å². The highest BCUT2D eigenvalue weighted by atomic mass is 16.4. The molecule has 0 radical (unpaired) electrons. The Balaban J connectivity index is 2.60. The number of rotatable bonds is 6. The van der Waals surface area contributed by atoms with Crippen molar-refractivity contribution in [1.82, 2.24) is 5.32 Å². The van der Waals surface area contributed by atoms with Gasteiger partial charge in [0, 0.05) is 6.54 Å². The quantitative estimate of drug-likeness (QED) is 0.693. The van der Waals surface area contributed by atoms with Gasteiger partial charge in [0.05, 0.1) is 11.5 Å².